The van der Waals surface area contributed by atoms with Gasteiger partial charge in [0.1, 0.15) is 4.60 Å². The molecule has 0 saturated carbocycles. The number of carbonyl (C=O) groups excluding carboxylic acids is 1. The van der Waals surface area contributed by atoms with Crippen LogP contribution in [0.25, 0.3) is 0 Å². The standard InChI is InChI=1S/C12H14BrFN2O2/c1-7-5-16(6-8(2)18-7)12(17)9-3-10(14)11(13)15-4-9/h3-4,7-8H,5-6H2,1-2H3. The van der Waals surface area contributed by atoms with E-state index >= 15 is 0 Å². The van der Waals surface area contributed by atoms with Gasteiger partial charge in [-0.2, -0.15) is 0 Å². The third kappa shape index (κ3) is 2.87. The van der Waals surface area contributed by atoms with E-state index in [0.29, 0.717) is 13.1 Å². The van der Waals surface area contributed by atoms with E-state index < -0.39 is 5.82 Å². The van der Waals surface area contributed by atoms with Gasteiger partial charge in [0.15, 0.2) is 5.82 Å². The van der Waals surface area contributed by atoms with Crippen molar-refractivity contribution >= 4 is 21.8 Å². The molecule has 2 atom stereocenters. The number of rotatable bonds is 1. The SMILES string of the molecule is CC1CN(C(=O)c2cnc(Br)c(F)c2)CC(C)O1. The normalized spacial score (nSPS) is 24.1. The molecule has 98 valence electrons. The lowest BCUT2D eigenvalue weighted by molar-refractivity contribution is -0.0586. The van der Waals surface area contributed by atoms with E-state index in [9.17, 15) is 9.18 Å². The minimum Gasteiger partial charge on any atom is -0.372 e. The highest BCUT2D eigenvalue weighted by Gasteiger charge is 2.27. The first kappa shape index (κ1) is 13.4. The van der Waals surface area contributed by atoms with Gasteiger partial charge >= 0.3 is 0 Å². The molecule has 0 aromatic carbocycles. The fourth-order valence-corrected chi connectivity index (χ4v) is 2.28. The predicted octanol–water partition coefficient (Wildman–Crippen LogP) is 2.23. The fourth-order valence-electron chi connectivity index (χ4n) is 2.06. The molecule has 1 aliphatic rings. The van der Waals surface area contributed by atoms with Crippen molar-refractivity contribution in [2.24, 2.45) is 0 Å². The van der Waals surface area contributed by atoms with Crippen molar-refractivity contribution in [3.05, 3.63) is 28.2 Å². The molecule has 0 radical (unpaired) electrons. The van der Waals surface area contributed by atoms with Crippen molar-refractivity contribution in [1.29, 1.82) is 0 Å². The van der Waals surface area contributed by atoms with Crippen LogP contribution in [0.1, 0.15) is 24.2 Å². The Morgan fingerprint density at radius 1 is 1.50 bits per heavy atom. The smallest absolute Gasteiger partial charge is 0.255 e. The van der Waals surface area contributed by atoms with Crippen LogP contribution in [0, 0.1) is 5.82 Å². The summed E-state index contributed by atoms with van der Waals surface area (Å²) in [6.45, 7) is 4.86. The van der Waals surface area contributed by atoms with Crippen LogP contribution in [0.2, 0.25) is 0 Å². The molecule has 2 heterocycles. The molecule has 2 rings (SSSR count). The van der Waals surface area contributed by atoms with Crippen molar-refractivity contribution in [1.82, 2.24) is 9.88 Å². The quantitative estimate of drug-likeness (QED) is 0.746. The van der Waals surface area contributed by atoms with Crippen molar-refractivity contribution in [2.75, 3.05) is 13.1 Å². The Labute approximate surface area is 113 Å². The maximum absolute atomic E-state index is 13.4. The van der Waals surface area contributed by atoms with Crippen molar-refractivity contribution in [2.45, 2.75) is 26.1 Å². The molecule has 1 saturated heterocycles. The number of ether oxygens (including phenoxy) is 1. The Morgan fingerprint density at radius 2 is 2.11 bits per heavy atom. The topological polar surface area (TPSA) is 42.4 Å². The average molecular weight is 317 g/mol. The monoisotopic (exact) mass is 316 g/mol. The van der Waals surface area contributed by atoms with E-state index in [2.05, 4.69) is 20.9 Å². The van der Waals surface area contributed by atoms with Crippen molar-refractivity contribution in [3.8, 4) is 0 Å². The summed E-state index contributed by atoms with van der Waals surface area (Å²) in [5.74, 6) is -0.744. The molecular weight excluding hydrogens is 303 g/mol. The summed E-state index contributed by atoms with van der Waals surface area (Å²) in [6, 6.07) is 1.20. The van der Waals surface area contributed by atoms with Gasteiger partial charge in [0.25, 0.3) is 5.91 Å². The highest BCUT2D eigenvalue weighted by molar-refractivity contribution is 9.10. The zero-order chi connectivity index (χ0) is 13.3. The molecule has 0 bridgehead atoms. The summed E-state index contributed by atoms with van der Waals surface area (Å²) in [6.07, 6.45) is 1.36. The van der Waals surface area contributed by atoms with E-state index in [1.807, 2.05) is 13.8 Å². The number of morpholine rings is 1. The number of hydrogen-bond donors (Lipinski definition) is 0. The molecule has 0 spiro atoms. The number of carbonyl (C=O) groups is 1. The maximum Gasteiger partial charge on any atom is 0.255 e. The van der Waals surface area contributed by atoms with Crippen LogP contribution in [0.3, 0.4) is 0 Å². The van der Waals surface area contributed by atoms with Crippen molar-refractivity contribution < 1.29 is 13.9 Å². The molecule has 6 heteroatoms. The third-order valence-electron chi connectivity index (χ3n) is 2.75. The number of hydrogen-bond acceptors (Lipinski definition) is 3. The molecule has 18 heavy (non-hydrogen) atoms. The van der Waals surface area contributed by atoms with E-state index in [4.69, 9.17) is 4.74 Å². The molecule has 1 aromatic rings. The van der Waals surface area contributed by atoms with E-state index in [-0.39, 0.29) is 28.3 Å². The summed E-state index contributed by atoms with van der Waals surface area (Å²) < 4.78 is 19.0. The second-order valence-electron chi connectivity index (χ2n) is 4.46. The summed E-state index contributed by atoms with van der Waals surface area (Å²) in [5, 5.41) is 0. The van der Waals surface area contributed by atoms with Crippen LogP contribution in [0.15, 0.2) is 16.9 Å². The lowest BCUT2D eigenvalue weighted by Gasteiger charge is -2.35. The predicted molar refractivity (Wildman–Crippen MR) is 67.8 cm³/mol. The average Bonchev–Trinajstić information content (AvgIpc) is 2.30. The second-order valence-corrected chi connectivity index (χ2v) is 5.22. The van der Waals surface area contributed by atoms with Gasteiger partial charge in [-0.15, -0.1) is 0 Å². The fraction of sp³-hybridized carbons (Fsp3) is 0.500. The van der Waals surface area contributed by atoms with Gasteiger partial charge in [0.05, 0.1) is 17.8 Å². The van der Waals surface area contributed by atoms with Crippen LogP contribution < -0.4 is 0 Å². The molecule has 1 aromatic heterocycles. The molecule has 4 nitrogen and oxygen atoms in total. The number of nitrogens with zero attached hydrogens (tertiary/aromatic N) is 2. The first-order chi connectivity index (χ1) is 8.47. The van der Waals surface area contributed by atoms with Crippen LogP contribution in [-0.4, -0.2) is 41.1 Å². The van der Waals surface area contributed by atoms with Gasteiger partial charge in [-0.3, -0.25) is 4.79 Å². The first-order valence-electron chi connectivity index (χ1n) is 5.73. The van der Waals surface area contributed by atoms with E-state index in [1.165, 1.54) is 12.3 Å². The van der Waals surface area contributed by atoms with Crippen LogP contribution in [0.4, 0.5) is 4.39 Å². The minimum atomic E-state index is -0.532. The highest BCUT2D eigenvalue weighted by atomic mass is 79.9. The minimum absolute atomic E-state index is 0.00838. The first-order valence-corrected chi connectivity index (χ1v) is 6.52. The molecule has 1 amide bonds. The van der Waals surface area contributed by atoms with Gasteiger partial charge in [0.2, 0.25) is 0 Å². The molecule has 2 unspecified atom stereocenters. The maximum atomic E-state index is 13.4. The molecule has 1 fully saturated rings. The largest absolute Gasteiger partial charge is 0.372 e. The molecule has 0 aliphatic carbocycles. The highest BCUT2D eigenvalue weighted by Crippen LogP contribution is 2.17. The van der Waals surface area contributed by atoms with Crippen LogP contribution >= 0.6 is 15.9 Å². The Bertz CT molecular complexity index is 459. The Morgan fingerprint density at radius 3 is 2.67 bits per heavy atom. The zero-order valence-corrected chi connectivity index (χ0v) is 11.8. The summed E-state index contributed by atoms with van der Waals surface area (Å²) in [7, 11) is 0. The van der Waals surface area contributed by atoms with E-state index in [0.717, 1.165) is 0 Å². The Hall–Kier alpha value is -1.01. The lowest BCUT2D eigenvalue weighted by Crippen LogP contribution is -2.48. The number of pyridine rings is 1. The Kier molecular flexibility index (Phi) is 3.97. The zero-order valence-electron chi connectivity index (χ0n) is 10.2. The lowest BCUT2D eigenvalue weighted by atomic mass is 10.2. The van der Waals surface area contributed by atoms with Crippen LogP contribution in [0.5, 0.6) is 0 Å². The Balaban J connectivity index is 2.17. The summed E-state index contributed by atoms with van der Waals surface area (Å²) in [5.41, 5.74) is 0.261. The van der Waals surface area contributed by atoms with Gasteiger partial charge in [-0.1, -0.05) is 0 Å². The van der Waals surface area contributed by atoms with Gasteiger partial charge in [-0.05, 0) is 35.8 Å². The number of aromatic nitrogens is 1. The third-order valence-corrected chi connectivity index (χ3v) is 3.33. The van der Waals surface area contributed by atoms with Gasteiger partial charge in [-0.25, -0.2) is 9.37 Å². The molecular formula is C12H14BrFN2O2. The van der Waals surface area contributed by atoms with Crippen LogP contribution in [-0.2, 0) is 4.74 Å². The molecule has 0 N–H and O–H groups in total. The van der Waals surface area contributed by atoms with E-state index in [1.54, 1.807) is 4.90 Å². The molecule has 1 aliphatic heterocycles. The number of amides is 1. The summed E-state index contributed by atoms with van der Waals surface area (Å²) >= 11 is 2.96. The summed E-state index contributed by atoms with van der Waals surface area (Å²) in [4.78, 5) is 17.7. The number of halogens is 2. The second kappa shape index (κ2) is 5.32. The van der Waals surface area contributed by atoms with Gasteiger partial charge in [0, 0.05) is 19.3 Å². The van der Waals surface area contributed by atoms with Gasteiger partial charge < -0.3 is 9.64 Å². The van der Waals surface area contributed by atoms with Crippen molar-refractivity contribution in [3.63, 3.8) is 0 Å².